The summed E-state index contributed by atoms with van der Waals surface area (Å²) in [5.41, 5.74) is 6.31. The van der Waals surface area contributed by atoms with E-state index in [1.54, 1.807) is 6.92 Å². The zero-order valence-corrected chi connectivity index (χ0v) is 14.8. The molecule has 0 aliphatic carbocycles. The number of nitrogens with two attached hydrogens (primary N) is 1. The normalized spacial score (nSPS) is 11.9. The molecule has 0 aliphatic rings. The molecule has 2 rings (SSSR count). The van der Waals surface area contributed by atoms with Crippen LogP contribution < -0.4 is 15.2 Å². The quantitative estimate of drug-likeness (QED) is 0.757. The lowest BCUT2D eigenvalue weighted by Crippen LogP contribution is -2.15. The topological polar surface area (TPSA) is 81.4 Å². The summed E-state index contributed by atoms with van der Waals surface area (Å²) in [4.78, 5) is -0.234. The number of halogens is 3. The lowest BCUT2D eigenvalue weighted by molar-refractivity contribution is -0.137. The summed E-state index contributed by atoms with van der Waals surface area (Å²) in [6.45, 7) is 5.46. The van der Waals surface area contributed by atoms with E-state index >= 15 is 0 Å². The van der Waals surface area contributed by atoms with Crippen LogP contribution in [0, 0.1) is 0 Å². The van der Waals surface area contributed by atoms with Crippen LogP contribution in [-0.4, -0.2) is 15.5 Å². The molecule has 0 amide bonds. The minimum Gasteiger partial charge on any atom is -0.495 e. The average molecular weight is 386 g/mol. The number of hydrogen-bond donors (Lipinski definition) is 2. The Morgan fingerprint density at radius 3 is 2.23 bits per heavy atom. The van der Waals surface area contributed by atoms with Gasteiger partial charge in [-0.1, -0.05) is 6.58 Å². The Labute approximate surface area is 149 Å². The van der Waals surface area contributed by atoms with E-state index in [4.69, 9.17) is 10.5 Å². The summed E-state index contributed by atoms with van der Waals surface area (Å²) in [5.74, 6) is 0.0385. The SMILES string of the molecule is C=C(C)c1cc(OC)c(S(=O)(=O)Nc2ccc(C(F)(F)F)cc2)cc1N. The van der Waals surface area contributed by atoms with Gasteiger partial charge in [0.25, 0.3) is 10.0 Å². The molecule has 5 nitrogen and oxygen atoms in total. The van der Waals surface area contributed by atoms with Crippen molar-refractivity contribution >= 4 is 27.0 Å². The summed E-state index contributed by atoms with van der Waals surface area (Å²) < 4.78 is 70.3. The molecule has 0 heterocycles. The molecular weight excluding hydrogens is 369 g/mol. The molecule has 0 unspecified atom stereocenters. The first-order chi connectivity index (χ1) is 12.0. The Morgan fingerprint density at radius 2 is 1.77 bits per heavy atom. The van der Waals surface area contributed by atoms with E-state index in [1.165, 1.54) is 19.2 Å². The second kappa shape index (κ2) is 6.91. The number of benzene rings is 2. The Hall–Kier alpha value is -2.68. The maximum Gasteiger partial charge on any atom is 0.416 e. The van der Waals surface area contributed by atoms with Crippen molar-refractivity contribution in [3.8, 4) is 5.75 Å². The average Bonchev–Trinajstić information content (AvgIpc) is 2.53. The van der Waals surface area contributed by atoms with E-state index < -0.39 is 21.8 Å². The van der Waals surface area contributed by atoms with Gasteiger partial charge < -0.3 is 10.5 Å². The van der Waals surface area contributed by atoms with Crippen LogP contribution in [0.2, 0.25) is 0 Å². The van der Waals surface area contributed by atoms with Crippen molar-refractivity contribution in [3.05, 3.63) is 54.1 Å². The monoisotopic (exact) mass is 386 g/mol. The standard InChI is InChI=1S/C17H17F3N2O3S/c1-10(2)13-8-15(25-3)16(9-14(13)21)26(23,24)22-12-6-4-11(5-7-12)17(18,19)20/h4-9,22H,1,21H2,2-3H3. The number of ether oxygens (including phenoxy) is 1. The summed E-state index contributed by atoms with van der Waals surface area (Å²) in [5, 5.41) is 0. The van der Waals surface area contributed by atoms with Gasteiger partial charge >= 0.3 is 6.18 Å². The molecule has 26 heavy (non-hydrogen) atoms. The van der Waals surface area contributed by atoms with E-state index in [1.807, 2.05) is 0 Å². The van der Waals surface area contributed by atoms with E-state index in [0.717, 1.165) is 24.3 Å². The zero-order valence-electron chi connectivity index (χ0n) is 14.0. The van der Waals surface area contributed by atoms with Gasteiger partial charge in [0.15, 0.2) is 0 Å². The molecule has 2 aromatic carbocycles. The fraction of sp³-hybridized carbons (Fsp3) is 0.176. The minimum atomic E-state index is -4.51. The Morgan fingerprint density at radius 1 is 1.19 bits per heavy atom. The number of alkyl halides is 3. The molecule has 0 bridgehead atoms. The van der Waals surface area contributed by atoms with Crippen molar-refractivity contribution in [2.24, 2.45) is 0 Å². The van der Waals surface area contributed by atoms with Crippen LogP contribution in [-0.2, 0) is 16.2 Å². The van der Waals surface area contributed by atoms with E-state index in [9.17, 15) is 21.6 Å². The highest BCUT2D eigenvalue weighted by Crippen LogP contribution is 2.34. The molecule has 2 aromatic rings. The van der Waals surface area contributed by atoms with E-state index in [0.29, 0.717) is 11.1 Å². The third-order valence-electron chi connectivity index (χ3n) is 3.55. The fourth-order valence-corrected chi connectivity index (χ4v) is 3.50. The molecular formula is C17H17F3N2O3S. The van der Waals surface area contributed by atoms with E-state index in [-0.39, 0.29) is 22.0 Å². The minimum absolute atomic E-state index is 0.0254. The fourth-order valence-electron chi connectivity index (χ4n) is 2.25. The summed E-state index contributed by atoms with van der Waals surface area (Å²) in [7, 11) is -2.84. The van der Waals surface area contributed by atoms with Gasteiger partial charge in [0.05, 0.1) is 12.7 Å². The number of nitrogen functional groups attached to an aromatic ring is 1. The van der Waals surface area contributed by atoms with Gasteiger partial charge in [-0.3, -0.25) is 4.72 Å². The smallest absolute Gasteiger partial charge is 0.416 e. The number of rotatable bonds is 5. The highest BCUT2D eigenvalue weighted by atomic mass is 32.2. The van der Waals surface area contributed by atoms with Crippen LogP contribution in [0.15, 0.2) is 47.9 Å². The molecule has 0 aromatic heterocycles. The molecule has 0 atom stereocenters. The Bertz CT molecular complexity index is 937. The number of hydrogen-bond acceptors (Lipinski definition) is 4. The van der Waals surface area contributed by atoms with Gasteiger partial charge in [0, 0.05) is 16.9 Å². The van der Waals surface area contributed by atoms with Crippen LogP contribution in [0.25, 0.3) is 5.57 Å². The highest BCUT2D eigenvalue weighted by Gasteiger charge is 2.30. The Balaban J connectivity index is 2.41. The van der Waals surface area contributed by atoms with Crippen molar-refractivity contribution in [2.45, 2.75) is 18.0 Å². The van der Waals surface area contributed by atoms with Crippen molar-refractivity contribution in [2.75, 3.05) is 17.6 Å². The maximum absolute atomic E-state index is 12.6. The molecule has 0 spiro atoms. The molecule has 0 saturated heterocycles. The van der Waals surface area contributed by atoms with Crippen LogP contribution in [0.5, 0.6) is 5.75 Å². The number of nitrogens with one attached hydrogen (secondary N) is 1. The predicted octanol–water partition coefficient (Wildman–Crippen LogP) is 4.13. The van der Waals surface area contributed by atoms with Crippen LogP contribution in [0.3, 0.4) is 0 Å². The molecule has 0 fully saturated rings. The van der Waals surface area contributed by atoms with Gasteiger partial charge in [-0.2, -0.15) is 13.2 Å². The lowest BCUT2D eigenvalue weighted by atomic mass is 10.1. The molecule has 0 saturated carbocycles. The van der Waals surface area contributed by atoms with Gasteiger partial charge in [-0.15, -0.1) is 0 Å². The van der Waals surface area contributed by atoms with Crippen molar-refractivity contribution in [1.29, 1.82) is 0 Å². The maximum atomic E-state index is 12.6. The third-order valence-corrected chi connectivity index (χ3v) is 4.95. The van der Waals surface area contributed by atoms with Crippen LogP contribution in [0.4, 0.5) is 24.5 Å². The summed E-state index contributed by atoms with van der Waals surface area (Å²) >= 11 is 0. The summed E-state index contributed by atoms with van der Waals surface area (Å²) in [6.07, 6.45) is -4.51. The number of allylic oxidation sites excluding steroid dienone is 1. The Kier molecular flexibility index (Phi) is 5.22. The first-order valence-corrected chi connectivity index (χ1v) is 8.77. The van der Waals surface area contributed by atoms with Crippen molar-refractivity contribution < 1.29 is 26.3 Å². The molecule has 9 heteroatoms. The second-order valence-electron chi connectivity index (χ2n) is 5.55. The third kappa shape index (κ3) is 4.10. The number of methoxy groups -OCH3 is 1. The number of sulfonamides is 1. The van der Waals surface area contributed by atoms with Crippen LogP contribution in [0.1, 0.15) is 18.1 Å². The molecule has 0 radical (unpaired) electrons. The first-order valence-electron chi connectivity index (χ1n) is 7.29. The first kappa shape index (κ1) is 19.6. The molecule has 0 aliphatic heterocycles. The van der Waals surface area contributed by atoms with E-state index in [2.05, 4.69) is 11.3 Å². The highest BCUT2D eigenvalue weighted by molar-refractivity contribution is 7.92. The molecule has 140 valence electrons. The van der Waals surface area contributed by atoms with Crippen molar-refractivity contribution in [3.63, 3.8) is 0 Å². The molecule has 3 N–H and O–H groups in total. The second-order valence-corrected chi connectivity index (χ2v) is 7.20. The lowest BCUT2D eigenvalue weighted by Gasteiger charge is -2.15. The largest absolute Gasteiger partial charge is 0.495 e. The predicted molar refractivity (Wildman–Crippen MR) is 94.4 cm³/mol. The van der Waals surface area contributed by atoms with Gasteiger partial charge in [-0.25, -0.2) is 8.42 Å². The summed E-state index contributed by atoms with van der Waals surface area (Å²) in [6, 6.07) is 6.28. The number of anilines is 2. The van der Waals surface area contributed by atoms with Gasteiger partial charge in [-0.05, 0) is 48.9 Å². The zero-order chi connectivity index (χ0) is 19.7. The van der Waals surface area contributed by atoms with Crippen LogP contribution >= 0.6 is 0 Å². The van der Waals surface area contributed by atoms with Gasteiger partial charge in [0.2, 0.25) is 0 Å². The van der Waals surface area contributed by atoms with Crippen molar-refractivity contribution in [1.82, 2.24) is 0 Å². The van der Waals surface area contributed by atoms with Gasteiger partial charge in [0.1, 0.15) is 10.6 Å².